The Hall–Kier alpha value is -1.50. The third-order valence-corrected chi connectivity index (χ3v) is 3.18. The monoisotopic (exact) mass is 347 g/mol. The Kier molecular flexibility index (Phi) is 4.37. The van der Waals surface area contributed by atoms with Crippen LogP contribution < -0.4 is 0 Å². The Labute approximate surface area is 122 Å². The highest BCUT2D eigenvalue weighted by Crippen LogP contribution is 2.28. The summed E-state index contributed by atoms with van der Waals surface area (Å²) in [5, 5.41) is 0. The zero-order valence-corrected chi connectivity index (χ0v) is 12.0. The van der Waals surface area contributed by atoms with Gasteiger partial charge in [0.2, 0.25) is 5.91 Å². The minimum absolute atomic E-state index is 0.0212. The van der Waals surface area contributed by atoms with Crippen molar-refractivity contribution in [2.75, 3.05) is 6.61 Å². The molecule has 1 atom stereocenters. The fraction of sp³-hybridized carbons (Fsp3) is 0.385. The van der Waals surface area contributed by atoms with Gasteiger partial charge < -0.3 is 4.74 Å². The molecule has 0 radical (unpaired) electrons. The van der Waals surface area contributed by atoms with Crippen LogP contribution in [0.5, 0.6) is 0 Å². The summed E-state index contributed by atoms with van der Waals surface area (Å²) in [4.78, 5) is 20.8. The molecule has 2 amide bonds. The van der Waals surface area contributed by atoms with E-state index in [1.54, 1.807) is 0 Å². The molecule has 0 unspecified atom stereocenters. The fourth-order valence-electron chi connectivity index (χ4n) is 2.06. The van der Waals surface area contributed by atoms with Gasteiger partial charge in [-0.1, -0.05) is 30.3 Å². The van der Waals surface area contributed by atoms with Crippen molar-refractivity contribution in [2.24, 2.45) is 0 Å². The summed E-state index contributed by atoms with van der Waals surface area (Å²) in [5.41, 5.74) is 0.902. The molecule has 0 spiro atoms. The van der Waals surface area contributed by atoms with E-state index in [9.17, 15) is 18.4 Å². The van der Waals surface area contributed by atoms with E-state index < -0.39 is 29.3 Å². The second-order valence-electron chi connectivity index (χ2n) is 4.48. The van der Waals surface area contributed by atoms with Crippen LogP contribution in [0.25, 0.3) is 0 Å². The third kappa shape index (κ3) is 3.75. The summed E-state index contributed by atoms with van der Waals surface area (Å²) < 4.78 is 30.4. The number of benzene rings is 1. The van der Waals surface area contributed by atoms with Crippen molar-refractivity contribution in [1.29, 1.82) is 0 Å². The topological polar surface area (TPSA) is 46.6 Å². The van der Waals surface area contributed by atoms with Crippen LogP contribution in [0.1, 0.15) is 12.0 Å². The summed E-state index contributed by atoms with van der Waals surface area (Å²) >= 11 is 2.10. The highest BCUT2D eigenvalue weighted by molar-refractivity contribution is 9.10. The van der Waals surface area contributed by atoms with Crippen LogP contribution in [-0.2, 0) is 16.0 Å². The number of amides is 2. The van der Waals surface area contributed by atoms with Gasteiger partial charge >= 0.3 is 10.9 Å². The van der Waals surface area contributed by atoms with Gasteiger partial charge in [-0.05, 0) is 27.9 Å². The highest BCUT2D eigenvalue weighted by atomic mass is 79.9. The predicted octanol–water partition coefficient (Wildman–Crippen LogP) is 2.95. The quantitative estimate of drug-likeness (QED) is 0.786. The lowest BCUT2D eigenvalue weighted by atomic mass is 10.1. The second-order valence-corrected chi connectivity index (χ2v) is 5.64. The van der Waals surface area contributed by atoms with E-state index in [4.69, 9.17) is 4.74 Å². The van der Waals surface area contributed by atoms with Crippen molar-refractivity contribution in [2.45, 2.75) is 23.7 Å². The first kappa shape index (κ1) is 14.9. The largest absolute Gasteiger partial charge is 0.447 e. The first-order chi connectivity index (χ1) is 9.37. The van der Waals surface area contributed by atoms with Gasteiger partial charge in [-0.25, -0.2) is 9.69 Å². The Morgan fingerprint density at radius 2 is 2.05 bits per heavy atom. The lowest BCUT2D eigenvalue weighted by Gasteiger charge is -2.20. The molecule has 4 nitrogen and oxygen atoms in total. The molecule has 1 heterocycles. The van der Waals surface area contributed by atoms with Crippen LogP contribution in [0.2, 0.25) is 0 Å². The van der Waals surface area contributed by atoms with E-state index in [-0.39, 0.29) is 6.61 Å². The van der Waals surface area contributed by atoms with Crippen LogP contribution in [-0.4, -0.2) is 34.4 Å². The molecule has 0 bridgehead atoms. The minimum Gasteiger partial charge on any atom is -0.447 e. The molecule has 1 aliphatic rings. The molecule has 2 rings (SSSR count). The average molecular weight is 348 g/mol. The van der Waals surface area contributed by atoms with Gasteiger partial charge in [-0.2, -0.15) is 8.78 Å². The Balaban J connectivity index is 2.09. The van der Waals surface area contributed by atoms with Crippen molar-refractivity contribution in [1.82, 2.24) is 4.90 Å². The van der Waals surface area contributed by atoms with Gasteiger partial charge in [0.1, 0.15) is 13.0 Å². The SMILES string of the molecule is O=C(CC(F)(F)Br)N1C(=O)OC[C@@H]1Cc1ccccc1. The van der Waals surface area contributed by atoms with E-state index in [1.165, 1.54) is 0 Å². The smallest absolute Gasteiger partial charge is 0.416 e. The average Bonchev–Trinajstić information content (AvgIpc) is 2.69. The maximum atomic E-state index is 12.8. The molecule has 0 saturated carbocycles. The number of cyclic esters (lactones) is 1. The summed E-state index contributed by atoms with van der Waals surface area (Å²) in [6, 6.07) is 8.62. The number of halogens is 3. The molecule has 0 N–H and O–H groups in total. The van der Waals surface area contributed by atoms with Gasteiger partial charge in [0.25, 0.3) is 0 Å². The molecule has 0 aromatic heterocycles. The van der Waals surface area contributed by atoms with Crippen LogP contribution in [0.3, 0.4) is 0 Å². The highest BCUT2D eigenvalue weighted by Gasteiger charge is 2.41. The Bertz CT molecular complexity index is 504. The molecule has 7 heteroatoms. The molecule has 20 heavy (non-hydrogen) atoms. The zero-order valence-electron chi connectivity index (χ0n) is 10.4. The van der Waals surface area contributed by atoms with Crippen molar-refractivity contribution >= 4 is 27.9 Å². The van der Waals surface area contributed by atoms with Crippen molar-refractivity contribution < 1.29 is 23.1 Å². The number of imide groups is 1. The summed E-state index contributed by atoms with van der Waals surface area (Å²) in [7, 11) is 0. The van der Waals surface area contributed by atoms with Crippen molar-refractivity contribution in [3.8, 4) is 0 Å². The van der Waals surface area contributed by atoms with E-state index in [0.29, 0.717) is 6.42 Å². The van der Waals surface area contributed by atoms with Gasteiger partial charge in [0.15, 0.2) is 0 Å². The summed E-state index contributed by atoms with van der Waals surface area (Å²) in [5.74, 6) is -0.949. The number of nitrogens with zero attached hydrogens (tertiary/aromatic N) is 1. The fourth-order valence-corrected chi connectivity index (χ4v) is 2.30. The van der Waals surface area contributed by atoms with E-state index in [1.807, 2.05) is 30.3 Å². The van der Waals surface area contributed by atoms with E-state index >= 15 is 0 Å². The normalized spacial score (nSPS) is 19.1. The van der Waals surface area contributed by atoms with Crippen LogP contribution in [0.4, 0.5) is 13.6 Å². The van der Waals surface area contributed by atoms with Crippen molar-refractivity contribution in [3.05, 3.63) is 35.9 Å². The van der Waals surface area contributed by atoms with Gasteiger partial charge in [-0.15, -0.1) is 0 Å². The number of carbonyl (C=O) groups is 2. The molecule has 1 aromatic carbocycles. The van der Waals surface area contributed by atoms with Gasteiger partial charge in [0, 0.05) is 0 Å². The molecule has 1 aromatic rings. The molecule has 1 saturated heterocycles. The summed E-state index contributed by atoms with van der Waals surface area (Å²) in [6.07, 6.45) is -1.56. The van der Waals surface area contributed by atoms with Crippen LogP contribution in [0.15, 0.2) is 30.3 Å². The molecule has 108 valence electrons. The Morgan fingerprint density at radius 1 is 1.40 bits per heavy atom. The number of rotatable bonds is 4. The minimum atomic E-state index is -3.33. The molecular formula is C13H12BrF2NO3. The second kappa shape index (κ2) is 5.87. The first-order valence-corrected chi connectivity index (χ1v) is 6.75. The Morgan fingerprint density at radius 3 is 2.65 bits per heavy atom. The predicted molar refractivity (Wildman–Crippen MR) is 70.6 cm³/mol. The zero-order chi connectivity index (χ0) is 14.8. The van der Waals surface area contributed by atoms with E-state index in [0.717, 1.165) is 10.5 Å². The number of ether oxygens (including phenoxy) is 1. The van der Waals surface area contributed by atoms with Gasteiger partial charge in [-0.3, -0.25) is 4.79 Å². The summed E-state index contributed by atoms with van der Waals surface area (Å²) in [6.45, 7) is 0.0212. The van der Waals surface area contributed by atoms with E-state index in [2.05, 4.69) is 15.9 Å². The van der Waals surface area contributed by atoms with Gasteiger partial charge in [0.05, 0.1) is 6.04 Å². The van der Waals surface area contributed by atoms with Crippen molar-refractivity contribution in [3.63, 3.8) is 0 Å². The number of alkyl halides is 3. The van der Waals surface area contributed by atoms with Crippen LogP contribution >= 0.6 is 15.9 Å². The molecule has 1 fully saturated rings. The molecule has 0 aliphatic carbocycles. The number of carbonyl (C=O) groups excluding carboxylic acids is 2. The first-order valence-electron chi connectivity index (χ1n) is 5.96. The maximum Gasteiger partial charge on any atom is 0.416 e. The van der Waals surface area contributed by atoms with Crippen LogP contribution in [0, 0.1) is 0 Å². The number of hydrogen-bond donors (Lipinski definition) is 0. The lowest BCUT2D eigenvalue weighted by Crippen LogP contribution is -2.41. The number of hydrogen-bond acceptors (Lipinski definition) is 3. The maximum absolute atomic E-state index is 12.8. The molecular weight excluding hydrogens is 336 g/mol. The third-order valence-electron chi connectivity index (χ3n) is 2.90. The molecule has 1 aliphatic heterocycles. The lowest BCUT2D eigenvalue weighted by molar-refractivity contribution is -0.132. The standard InChI is InChI=1S/C13H12BrF2NO3/c14-13(15,16)7-11(18)17-10(8-20-12(17)19)6-9-4-2-1-3-5-9/h1-5,10H,6-8H2/t10-/m0/s1.